The normalized spacial score (nSPS) is 21.5. The number of nitrogens with one attached hydrogen (secondary N) is 1. The van der Waals surface area contributed by atoms with Crippen molar-refractivity contribution in [3.05, 3.63) is 29.8 Å². The minimum absolute atomic E-state index is 0.192. The van der Waals surface area contributed by atoms with Gasteiger partial charge in [0, 0.05) is 30.2 Å². The average molecular weight is 341 g/mol. The summed E-state index contributed by atoms with van der Waals surface area (Å²) in [6.45, 7) is 7.32. The molecule has 25 heavy (non-hydrogen) atoms. The van der Waals surface area contributed by atoms with Crippen molar-refractivity contribution >= 4 is 11.8 Å². The van der Waals surface area contributed by atoms with Gasteiger partial charge in [0.1, 0.15) is 5.60 Å². The first kappa shape index (κ1) is 17.6. The smallest absolute Gasteiger partial charge is 0.410 e. The molecule has 1 heterocycles. The highest BCUT2D eigenvalue weighted by Crippen LogP contribution is 2.46. The Morgan fingerprint density at radius 3 is 2.64 bits per heavy atom. The lowest BCUT2D eigenvalue weighted by molar-refractivity contribution is -0.0321. The average Bonchev–Trinajstić information content (AvgIpc) is 2.90. The number of carbonyl (C=O) groups is 1. The van der Waals surface area contributed by atoms with E-state index in [2.05, 4.69) is 11.4 Å². The molecule has 2 fully saturated rings. The topological polar surface area (TPSA) is 65.4 Å². The summed E-state index contributed by atoms with van der Waals surface area (Å²) in [6.07, 6.45) is 3.63. The van der Waals surface area contributed by atoms with Gasteiger partial charge in [0.25, 0.3) is 0 Å². The summed E-state index contributed by atoms with van der Waals surface area (Å²) in [6, 6.07) is 10.7. The van der Waals surface area contributed by atoms with Crippen molar-refractivity contribution in [1.82, 2.24) is 4.90 Å². The number of anilines is 1. The lowest BCUT2D eigenvalue weighted by Gasteiger charge is -2.48. The molecule has 0 radical (unpaired) electrons. The Morgan fingerprint density at radius 2 is 2.04 bits per heavy atom. The lowest BCUT2D eigenvalue weighted by atomic mass is 9.78. The van der Waals surface area contributed by atoms with Gasteiger partial charge in [-0.15, -0.1) is 0 Å². The van der Waals surface area contributed by atoms with Crippen LogP contribution in [0.15, 0.2) is 24.3 Å². The van der Waals surface area contributed by atoms with E-state index in [0.29, 0.717) is 12.5 Å². The summed E-state index contributed by atoms with van der Waals surface area (Å²) in [4.78, 5) is 13.9. The van der Waals surface area contributed by atoms with Crippen molar-refractivity contribution in [3.8, 4) is 6.07 Å². The molecule has 0 bridgehead atoms. The molecule has 5 heteroatoms. The van der Waals surface area contributed by atoms with Crippen molar-refractivity contribution in [2.24, 2.45) is 5.41 Å². The maximum atomic E-state index is 12.1. The van der Waals surface area contributed by atoms with E-state index in [1.165, 1.54) is 0 Å². The van der Waals surface area contributed by atoms with Crippen LogP contribution in [-0.4, -0.2) is 35.7 Å². The predicted molar refractivity (Wildman–Crippen MR) is 97.3 cm³/mol. The minimum atomic E-state index is -0.433. The molecule has 5 nitrogen and oxygen atoms in total. The third-order valence-electron chi connectivity index (χ3n) is 5.01. The van der Waals surface area contributed by atoms with E-state index < -0.39 is 5.60 Å². The summed E-state index contributed by atoms with van der Waals surface area (Å²) in [5, 5.41) is 12.3. The zero-order valence-electron chi connectivity index (χ0n) is 15.3. The highest BCUT2D eigenvalue weighted by Gasteiger charge is 2.50. The SMILES string of the molecule is CC(C)(C)OC(=O)N1CC2(CCC(Nc3ccc(CC#N)cc3)C2)C1. The highest BCUT2D eigenvalue weighted by atomic mass is 16.6. The van der Waals surface area contributed by atoms with Gasteiger partial charge < -0.3 is 15.0 Å². The first-order valence-corrected chi connectivity index (χ1v) is 8.99. The molecular formula is C20H27N3O2. The number of amides is 1. The molecule has 1 aliphatic heterocycles. The van der Waals surface area contributed by atoms with Gasteiger partial charge >= 0.3 is 6.09 Å². The Balaban J connectivity index is 1.48. The van der Waals surface area contributed by atoms with Crippen LogP contribution < -0.4 is 5.32 Å². The Labute approximate surface area is 150 Å². The van der Waals surface area contributed by atoms with Crippen LogP contribution in [0.2, 0.25) is 0 Å². The number of benzene rings is 1. The Hall–Kier alpha value is -2.22. The van der Waals surface area contributed by atoms with Gasteiger partial charge in [-0.3, -0.25) is 0 Å². The number of hydrogen-bond donors (Lipinski definition) is 1. The summed E-state index contributed by atoms with van der Waals surface area (Å²) in [5.41, 5.74) is 1.97. The second-order valence-electron chi connectivity index (χ2n) is 8.45. The second kappa shape index (κ2) is 6.59. The Morgan fingerprint density at radius 1 is 1.36 bits per heavy atom. The number of rotatable bonds is 3. The van der Waals surface area contributed by atoms with Gasteiger partial charge in [-0.2, -0.15) is 5.26 Å². The van der Waals surface area contributed by atoms with Crippen molar-refractivity contribution in [2.45, 2.75) is 58.1 Å². The molecular weight excluding hydrogens is 314 g/mol. The van der Waals surface area contributed by atoms with Gasteiger partial charge in [-0.05, 0) is 57.7 Å². The van der Waals surface area contributed by atoms with Crippen LogP contribution in [0.3, 0.4) is 0 Å². The van der Waals surface area contributed by atoms with Crippen LogP contribution in [0.25, 0.3) is 0 Å². The summed E-state index contributed by atoms with van der Waals surface area (Å²) in [5.74, 6) is 0. The summed E-state index contributed by atoms with van der Waals surface area (Å²) >= 11 is 0. The quantitative estimate of drug-likeness (QED) is 0.904. The number of likely N-dealkylation sites (tertiary alicyclic amines) is 1. The van der Waals surface area contributed by atoms with Crippen molar-refractivity contribution < 1.29 is 9.53 Å². The molecule has 1 aliphatic carbocycles. The van der Waals surface area contributed by atoms with Gasteiger partial charge in [0.2, 0.25) is 0 Å². The van der Waals surface area contributed by atoms with Crippen LogP contribution >= 0.6 is 0 Å². The van der Waals surface area contributed by atoms with E-state index in [0.717, 1.165) is 43.6 Å². The largest absolute Gasteiger partial charge is 0.444 e. The van der Waals surface area contributed by atoms with Crippen molar-refractivity contribution in [2.75, 3.05) is 18.4 Å². The van der Waals surface area contributed by atoms with Crippen LogP contribution in [0.4, 0.5) is 10.5 Å². The van der Waals surface area contributed by atoms with Crippen molar-refractivity contribution in [1.29, 1.82) is 5.26 Å². The predicted octanol–water partition coefficient (Wildman–Crippen LogP) is 3.95. The third-order valence-corrected chi connectivity index (χ3v) is 5.01. The third kappa shape index (κ3) is 4.25. The maximum Gasteiger partial charge on any atom is 0.410 e. The van der Waals surface area contributed by atoms with Gasteiger partial charge in [0.15, 0.2) is 0 Å². The number of hydrogen-bond acceptors (Lipinski definition) is 4. The van der Waals surface area contributed by atoms with Crippen molar-refractivity contribution in [3.63, 3.8) is 0 Å². The number of nitriles is 1. The minimum Gasteiger partial charge on any atom is -0.444 e. The molecule has 1 spiro atoms. The van der Waals surface area contributed by atoms with Crippen LogP contribution in [-0.2, 0) is 11.2 Å². The number of nitrogens with zero attached hydrogens (tertiary/aromatic N) is 2. The maximum absolute atomic E-state index is 12.1. The van der Waals surface area contributed by atoms with E-state index in [4.69, 9.17) is 10.00 Å². The standard InChI is InChI=1S/C20H27N3O2/c1-19(2,3)25-18(24)23-13-20(14-23)10-8-17(12-20)22-16-6-4-15(5-7-16)9-11-21/h4-7,17,22H,8-10,12-14H2,1-3H3. The Kier molecular flexibility index (Phi) is 4.64. The van der Waals surface area contributed by atoms with E-state index in [-0.39, 0.29) is 11.5 Å². The molecule has 1 aromatic rings. The Bertz CT molecular complexity index is 664. The molecule has 0 aromatic heterocycles. The zero-order valence-corrected chi connectivity index (χ0v) is 15.3. The molecule has 1 unspecified atom stereocenters. The number of carbonyl (C=O) groups excluding carboxylic acids is 1. The molecule has 1 atom stereocenters. The first-order valence-electron chi connectivity index (χ1n) is 8.99. The van der Waals surface area contributed by atoms with E-state index >= 15 is 0 Å². The lowest BCUT2D eigenvalue weighted by Crippen LogP contribution is -2.58. The van der Waals surface area contributed by atoms with Gasteiger partial charge in [0.05, 0.1) is 12.5 Å². The fourth-order valence-corrected chi connectivity index (χ4v) is 3.88. The molecule has 1 aromatic carbocycles. The zero-order chi connectivity index (χ0) is 18.1. The summed E-state index contributed by atoms with van der Waals surface area (Å²) < 4.78 is 5.45. The molecule has 2 aliphatic rings. The molecule has 134 valence electrons. The highest BCUT2D eigenvalue weighted by molar-refractivity contribution is 5.69. The van der Waals surface area contributed by atoms with Gasteiger partial charge in [-0.1, -0.05) is 12.1 Å². The fraction of sp³-hybridized carbons (Fsp3) is 0.600. The van der Waals surface area contributed by atoms with Gasteiger partial charge in [-0.25, -0.2) is 4.79 Å². The first-order chi connectivity index (χ1) is 11.8. The van der Waals surface area contributed by atoms with Crippen LogP contribution in [0.5, 0.6) is 0 Å². The molecule has 1 saturated carbocycles. The van der Waals surface area contributed by atoms with Crippen LogP contribution in [0.1, 0.15) is 45.6 Å². The number of ether oxygens (including phenoxy) is 1. The molecule has 1 N–H and O–H groups in total. The fourth-order valence-electron chi connectivity index (χ4n) is 3.88. The monoisotopic (exact) mass is 341 g/mol. The summed E-state index contributed by atoms with van der Waals surface area (Å²) in [7, 11) is 0. The van der Waals surface area contributed by atoms with E-state index in [9.17, 15) is 4.79 Å². The second-order valence-corrected chi connectivity index (χ2v) is 8.45. The van der Waals surface area contributed by atoms with E-state index in [1.54, 1.807) is 0 Å². The molecule has 3 rings (SSSR count). The molecule has 1 amide bonds. The van der Waals surface area contributed by atoms with Crippen LogP contribution in [0, 0.1) is 16.7 Å². The van der Waals surface area contributed by atoms with E-state index in [1.807, 2.05) is 49.9 Å². The molecule has 1 saturated heterocycles.